The lowest BCUT2D eigenvalue weighted by Gasteiger charge is -2.55. The van der Waals surface area contributed by atoms with Crippen molar-refractivity contribution in [3.05, 3.63) is 34.7 Å². The van der Waals surface area contributed by atoms with Gasteiger partial charge in [0.05, 0.1) is 6.10 Å². The highest BCUT2D eigenvalue weighted by Gasteiger charge is 2.53. The molecule has 0 radical (unpaired) electrons. The van der Waals surface area contributed by atoms with Crippen LogP contribution in [0, 0.1) is 5.41 Å². The smallest absolute Gasteiger partial charge is 0.250 e. The number of hydrogen-bond donors (Lipinski definition) is 2. The van der Waals surface area contributed by atoms with Crippen LogP contribution in [-0.4, -0.2) is 42.4 Å². The minimum atomic E-state index is 0.0605. The first-order valence-electron chi connectivity index (χ1n) is 10.9. The van der Waals surface area contributed by atoms with Gasteiger partial charge in [-0.1, -0.05) is 19.9 Å². The van der Waals surface area contributed by atoms with Gasteiger partial charge in [-0.3, -0.25) is 9.79 Å². The number of nitrogens with zero attached hydrogens (tertiary/aromatic N) is 2. The largest absolute Gasteiger partial charge is 0.378 e. The van der Waals surface area contributed by atoms with E-state index in [1.54, 1.807) is 16.7 Å². The van der Waals surface area contributed by atoms with E-state index in [-0.39, 0.29) is 11.0 Å². The topological polar surface area (TPSA) is 67.7 Å². The Labute approximate surface area is 169 Å². The Morgan fingerprint density at radius 1 is 1.25 bits per heavy atom. The fourth-order valence-corrected chi connectivity index (χ4v) is 4.30. The number of guanidine groups is 1. The number of aliphatic imine (C=N–C) groups is 1. The molecule has 0 aromatic carbocycles. The van der Waals surface area contributed by atoms with E-state index in [0.717, 1.165) is 64.3 Å². The van der Waals surface area contributed by atoms with E-state index in [9.17, 15) is 4.79 Å². The molecule has 0 saturated heterocycles. The minimum Gasteiger partial charge on any atom is -0.378 e. The first-order chi connectivity index (χ1) is 13.6. The second kappa shape index (κ2) is 11.2. The molecule has 6 nitrogen and oxygen atoms in total. The van der Waals surface area contributed by atoms with Gasteiger partial charge in [-0.25, -0.2) is 0 Å². The van der Waals surface area contributed by atoms with Crippen LogP contribution in [0.1, 0.15) is 59.8 Å². The SMILES string of the molecule is CCNC(=NCCCCn1ccccc1=O)NC1CC(OCC)C1(CC)CC. The van der Waals surface area contributed by atoms with Gasteiger partial charge in [0.25, 0.3) is 0 Å². The average Bonchev–Trinajstić information content (AvgIpc) is 2.69. The normalized spacial score (nSPS) is 21.2. The van der Waals surface area contributed by atoms with E-state index in [1.165, 1.54) is 0 Å². The number of unbranched alkanes of at least 4 members (excludes halogenated alkanes) is 1. The Hall–Kier alpha value is -1.82. The summed E-state index contributed by atoms with van der Waals surface area (Å²) in [6.45, 7) is 11.8. The Kier molecular flexibility index (Phi) is 9.03. The summed E-state index contributed by atoms with van der Waals surface area (Å²) in [6.07, 6.45) is 7.34. The van der Waals surface area contributed by atoms with Gasteiger partial charge in [0, 0.05) is 50.0 Å². The van der Waals surface area contributed by atoms with Crippen molar-refractivity contribution in [2.75, 3.05) is 19.7 Å². The summed E-state index contributed by atoms with van der Waals surface area (Å²) in [6, 6.07) is 5.68. The van der Waals surface area contributed by atoms with Crippen LogP contribution in [0.4, 0.5) is 0 Å². The Bertz CT molecular complexity index is 667. The molecule has 1 fully saturated rings. The standard InChI is InChI=1S/C22H38N4O2/c1-5-22(6-2)18(17-19(22)28-8-4)25-21(23-7-3)24-14-10-12-16-26-15-11-9-13-20(26)27/h9,11,13,15,18-19H,5-8,10,12,14,16-17H2,1-4H3,(H2,23,24,25). The highest BCUT2D eigenvalue weighted by molar-refractivity contribution is 5.80. The molecule has 0 bridgehead atoms. The van der Waals surface area contributed by atoms with Crippen molar-refractivity contribution in [1.29, 1.82) is 0 Å². The zero-order chi connectivity index (χ0) is 20.4. The third kappa shape index (κ3) is 5.37. The first kappa shape index (κ1) is 22.5. The van der Waals surface area contributed by atoms with E-state index < -0.39 is 0 Å². The predicted octanol–water partition coefficient (Wildman–Crippen LogP) is 3.17. The summed E-state index contributed by atoms with van der Waals surface area (Å²) in [5.41, 5.74) is 0.256. The summed E-state index contributed by atoms with van der Waals surface area (Å²) in [7, 11) is 0. The van der Waals surface area contributed by atoms with Crippen molar-refractivity contribution < 1.29 is 4.74 Å². The van der Waals surface area contributed by atoms with Gasteiger partial charge in [-0.05, 0) is 52.0 Å². The Balaban J connectivity index is 1.86. The van der Waals surface area contributed by atoms with Gasteiger partial charge in [0.1, 0.15) is 0 Å². The maximum atomic E-state index is 11.7. The van der Waals surface area contributed by atoms with Crippen LogP contribution in [-0.2, 0) is 11.3 Å². The van der Waals surface area contributed by atoms with Crippen LogP contribution in [0.2, 0.25) is 0 Å². The zero-order valence-electron chi connectivity index (χ0n) is 18.0. The number of ether oxygens (including phenoxy) is 1. The molecule has 1 aromatic heterocycles. The quantitative estimate of drug-likeness (QED) is 0.346. The lowest BCUT2D eigenvalue weighted by Crippen LogP contribution is -2.65. The van der Waals surface area contributed by atoms with Gasteiger partial charge >= 0.3 is 0 Å². The maximum Gasteiger partial charge on any atom is 0.250 e. The van der Waals surface area contributed by atoms with Crippen molar-refractivity contribution >= 4 is 5.96 Å². The molecule has 1 aliphatic carbocycles. The van der Waals surface area contributed by atoms with Gasteiger partial charge < -0.3 is 19.9 Å². The summed E-state index contributed by atoms with van der Waals surface area (Å²) in [4.78, 5) is 16.5. The molecule has 0 aliphatic heterocycles. The lowest BCUT2D eigenvalue weighted by atomic mass is 9.58. The van der Waals surface area contributed by atoms with Gasteiger partial charge in [0.2, 0.25) is 5.56 Å². The van der Waals surface area contributed by atoms with Gasteiger partial charge in [-0.2, -0.15) is 0 Å². The van der Waals surface area contributed by atoms with E-state index in [4.69, 9.17) is 9.73 Å². The summed E-state index contributed by atoms with van der Waals surface area (Å²) >= 11 is 0. The number of hydrogen-bond acceptors (Lipinski definition) is 3. The molecule has 2 N–H and O–H groups in total. The van der Waals surface area contributed by atoms with Crippen molar-refractivity contribution in [1.82, 2.24) is 15.2 Å². The molecule has 158 valence electrons. The van der Waals surface area contributed by atoms with Crippen molar-refractivity contribution in [3.8, 4) is 0 Å². The maximum absolute atomic E-state index is 11.7. The lowest BCUT2D eigenvalue weighted by molar-refractivity contribution is -0.133. The van der Waals surface area contributed by atoms with Crippen LogP contribution in [0.15, 0.2) is 34.2 Å². The molecule has 2 unspecified atom stereocenters. The second-order valence-corrected chi connectivity index (χ2v) is 7.52. The molecule has 2 rings (SSSR count). The van der Waals surface area contributed by atoms with Crippen molar-refractivity contribution in [2.24, 2.45) is 10.4 Å². The van der Waals surface area contributed by atoms with E-state index in [2.05, 4.69) is 38.3 Å². The summed E-state index contributed by atoms with van der Waals surface area (Å²) < 4.78 is 7.74. The third-order valence-corrected chi connectivity index (χ3v) is 6.10. The minimum absolute atomic E-state index is 0.0605. The van der Waals surface area contributed by atoms with Crippen LogP contribution in [0.5, 0.6) is 0 Å². The predicted molar refractivity (Wildman–Crippen MR) is 116 cm³/mol. The Morgan fingerprint density at radius 2 is 2.04 bits per heavy atom. The number of pyridine rings is 1. The van der Waals surface area contributed by atoms with Crippen molar-refractivity contribution in [3.63, 3.8) is 0 Å². The Morgan fingerprint density at radius 3 is 2.68 bits per heavy atom. The zero-order valence-corrected chi connectivity index (χ0v) is 18.0. The fraction of sp³-hybridized carbons (Fsp3) is 0.727. The highest BCUT2D eigenvalue weighted by Crippen LogP contribution is 2.48. The molecule has 1 heterocycles. The van der Waals surface area contributed by atoms with Gasteiger partial charge in [0.15, 0.2) is 5.96 Å². The number of aromatic nitrogens is 1. The van der Waals surface area contributed by atoms with Crippen LogP contribution in [0.25, 0.3) is 0 Å². The molecule has 0 amide bonds. The van der Waals surface area contributed by atoms with E-state index in [0.29, 0.717) is 12.1 Å². The number of nitrogens with one attached hydrogen (secondary N) is 2. The summed E-state index contributed by atoms with van der Waals surface area (Å²) in [5, 5.41) is 7.03. The molecular weight excluding hydrogens is 352 g/mol. The second-order valence-electron chi connectivity index (χ2n) is 7.52. The first-order valence-corrected chi connectivity index (χ1v) is 10.9. The van der Waals surface area contributed by atoms with E-state index in [1.807, 2.05) is 12.3 Å². The molecule has 1 saturated carbocycles. The van der Waals surface area contributed by atoms with Crippen LogP contribution >= 0.6 is 0 Å². The number of rotatable bonds is 11. The summed E-state index contributed by atoms with van der Waals surface area (Å²) in [5.74, 6) is 0.894. The van der Waals surface area contributed by atoms with Gasteiger partial charge in [-0.15, -0.1) is 0 Å². The van der Waals surface area contributed by atoms with Crippen LogP contribution < -0.4 is 16.2 Å². The molecule has 6 heteroatoms. The third-order valence-electron chi connectivity index (χ3n) is 6.10. The molecule has 1 aromatic rings. The molecule has 2 atom stereocenters. The number of aryl methyl sites for hydroxylation is 1. The monoisotopic (exact) mass is 390 g/mol. The van der Waals surface area contributed by atoms with E-state index >= 15 is 0 Å². The molecular formula is C22H38N4O2. The molecule has 1 aliphatic rings. The molecule has 28 heavy (non-hydrogen) atoms. The van der Waals surface area contributed by atoms with Crippen LogP contribution in [0.3, 0.4) is 0 Å². The average molecular weight is 391 g/mol. The highest BCUT2D eigenvalue weighted by atomic mass is 16.5. The van der Waals surface area contributed by atoms with Crippen molar-refractivity contribution in [2.45, 2.75) is 78.5 Å². The molecule has 0 spiro atoms. The fourth-order valence-electron chi connectivity index (χ4n) is 4.30.